The Morgan fingerprint density at radius 2 is 1.74 bits per heavy atom. The number of amides is 1. The summed E-state index contributed by atoms with van der Waals surface area (Å²) >= 11 is 5.43. The van der Waals surface area contributed by atoms with E-state index in [0.29, 0.717) is 12.5 Å². The van der Waals surface area contributed by atoms with Crippen LogP contribution < -0.4 is 20.1 Å². The van der Waals surface area contributed by atoms with Gasteiger partial charge < -0.3 is 20.1 Å². The average Bonchev–Trinajstić information content (AvgIpc) is 3.41. The van der Waals surface area contributed by atoms with Crippen molar-refractivity contribution in [3.05, 3.63) is 81.6 Å². The largest absolute Gasteiger partial charge is 0.497 e. The van der Waals surface area contributed by atoms with Crippen LogP contribution in [0.2, 0.25) is 0 Å². The van der Waals surface area contributed by atoms with Gasteiger partial charge in [-0.15, -0.1) is 11.3 Å². The van der Waals surface area contributed by atoms with Crippen LogP contribution in [0.15, 0.2) is 71.2 Å². The van der Waals surface area contributed by atoms with Gasteiger partial charge in [-0.2, -0.15) is 0 Å². The first-order valence-corrected chi connectivity index (χ1v) is 16.5. The van der Waals surface area contributed by atoms with E-state index in [4.69, 9.17) is 9.47 Å². The lowest BCUT2D eigenvalue weighted by atomic mass is 10.0. The number of nitrogens with zero attached hydrogens (tertiary/aromatic N) is 1. The van der Waals surface area contributed by atoms with Gasteiger partial charge in [0.1, 0.15) is 17.6 Å². The molecule has 0 radical (unpaired) electrons. The highest BCUT2D eigenvalue weighted by Gasteiger charge is 2.22. The molecule has 3 aromatic carbocycles. The molecule has 1 aromatic heterocycles. The molecular formula is C34H38BrN3O3S. The molecule has 0 bridgehead atoms. The van der Waals surface area contributed by atoms with Gasteiger partial charge in [0.05, 0.1) is 18.0 Å². The number of carbonyl (C=O) groups is 1. The summed E-state index contributed by atoms with van der Waals surface area (Å²) in [6.45, 7) is 4.91. The van der Waals surface area contributed by atoms with Gasteiger partial charge in [0.2, 0.25) is 5.91 Å². The van der Waals surface area contributed by atoms with Crippen molar-refractivity contribution in [1.29, 1.82) is 0 Å². The molecule has 220 valence electrons. The second-order valence-electron chi connectivity index (χ2n) is 11.3. The number of piperidine rings is 2. The third-order valence-electron chi connectivity index (χ3n) is 8.26. The fourth-order valence-corrected chi connectivity index (χ4v) is 7.52. The van der Waals surface area contributed by atoms with E-state index in [-0.39, 0.29) is 11.9 Å². The molecule has 0 saturated carbocycles. The fourth-order valence-electron chi connectivity index (χ4n) is 5.90. The van der Waals surface area contributed by atoms with E-state index in [0.717, 1.165) is 84.8 Å². The summed E-state index contributed by atoms with van der Waals surface area (Å²) in [7, 11) is 1.68. The van der Waals surface area contributed by atoms with Crippen LogP contribution in [0, 0.1) is 0 Å². The van der Waals surface area contributed by atoms with Crippen molar-refractivity contribution in [3.8, 4) is 22.6 Å². The lowest BCUT2D eigenvalue weighted by Crippen LogP contribution is -2.44. The molecule has 2 aliphatic heterocycles. The Hall–Kier alpha value is -2.91. The maximum Gasteiger partial charge on any atom is 0.225 e. The minimum Gasteiger partial charge on any atom is -0.497 e. The number of benzene rings is 3. The normalized spacial score (nSPS) is 16.9. The smallest absolute Gasteiger partial charge is 0.225 e. The van der Waals surface area contributed by atoms with Crippen LogP contribution in [0.1, 0.15) is 36.1 Å². The Bertz CT molecular complexity index is 1510. The molecule has 2 saturated heterocycles. The maximum absolute atomic E-state index is 12.9. The van der Waals surface area contributed by atoms with Gasteiger partial charge in [-0.3, -0.25) is 9.69 Å². The summed E-state index contributed by atoms with van der Waals surface area (Å²) in [4.78, 5) is 16.5. The first-order valence-electron chi connectivity index (χ1n) is 14.9. The molecule has 0 unspecified atom stereocenters. The number of carbonyl (C=O) groups excluding carboxylic acids is 1. The zero-order valence-corrected chi connectivity index (χ0v) is 26.4. The molecule has 2 N–H and O–H groups in total. The summed E-state index contributed by atoms with van der Waals surface area (Å²) in [5.74, 6) is 1.90. The number of methoxy groups -OCH3 is 1. The van der Waals surface area contributed by atoms with Crippen molar-refractivity contribution in [2.24, 2.45) is 0 Å². The Kier molecular flexibility index (Phi) is 9.44. The zero-order chi connectivity index (χ0) is 28.9. The molecule has 0 aliphatic carbocycles. The molecule has 6 rings (SSSR count). The number of halogens is 1. The van der Waals surface area contributed by atoms with Crippen molar-refractivity contribution in [2.45, 2.75) is 50.8 Å². The second-order valence-corrected chi connectivity index (χ2v) is 13.3. The van der Waals surface area contributed by atoms with Crippen LogP contribution in [0.4, 0.5) is 0 Å². The van der Waals surface area contributed by atoms with E-state index in [1.165, 1.54) is 21.2 Å². The second kappa shape index (κ2) is 13.6. The number of likely N-dealkylation sites (tertiary alicyclic amines) is 1. The first kappa shape index (κ1) is 29.2. The van der Waals surface area contributed by atoms with E-state index < -0.39 is 0 Å². The Morgan fingerprint density at radius 3 is 2.48 bits per heavy atom. The molecule has 2 aliphatic rings. The predicted octanol–water partition coefficient (Wildman–Crippen LogP) is 6.79. The number of hydrogen-bond acceptors (Lipinski definition) is 6. The summed E-state index contributed by atoms with van der Waals surface area (Å²) in [5.41, 5.74) is 3.61. The van der Waals surface area contributed by atoms with Crippen LogP contribution in [0.25, 0.3) is 21.2 Å². The lowest BCUT2D eigenvalue weighted by molar-refractivity contribution is -0.121. The van der Waals surface area contributed by atoms with Crippen molar-refractivity contribution in [1.82, 2.24) is 15.5 Å². The van der Waals surface area contributed by atoms with Gasteiger partial charge in [-0.1, -0.05) is 30.3 Å². The third-order valence-corrected chi connectivity index (χ3v) is 9.98. The zero-order valence-electron chi connectivity index (χ0n) is 24.0. The van der Waals surface area contributed by atoms with Crippen molar-refractivity contribution >= 4 is 43.3 Å². The number of nitrogens with one attached hydrogen (secondary N) is 2. The van der Waals surface area contributed by atoms with E-state index in [1.54, 1.807) is 18.4 Å². The Morgan fingerprint density at radius 1 is 0.976 bits per heavy atom. The molecule has 3 heterocycles. The Balaban J connectivity index is 0.972. The molecule has 6 nitrogen and oxygen atoms in total. The number of ether oxygens (including phenoxy) is 2. The minimum absolute atomic E-state index is 0.114. The van der Waals surface area contributed by atoms with Gasteiger partial charge in [0.15, 0.2) is 0 Å². The molecule has 4 aromatic rings. The maximum atomic E-state index is 12.9. The molecular weight excluding hydrogens is 610 g/mol. The monoisotopic (exact) mass is 647 g/mol. The van der Waals surface area contributed by atoms with Crippen LogP contribution in [-0.4, -0.2) is 56.2 Å². The minimum atomic E-state index is 0.114. The molecule has 1 amide bonds. The van der Waals surface area contributed by atoms with Crippen molar-refractivity contribution in [2.75, 3.05) is 33.3 Å². The standard InChI is InChI=1S/C34H38BrN3O3S/c1-40-28-7-5-24(6-8-28)25-3-4-26-19-30(42-33(26)20-25)21-34(39)37-27-12-16-38(17-13-27)22-23-2-9-32(31(35)18-23)41-29-10-14-36-15-11-29/h2-9,18-20,27,29,36H,10-17,21-22H2,1H3,(H,37,39). The Labute approximate surface area is 260 Å². The van der Waals surface area contributed by atoms with E-state index in [9.17, 15) is 4.79 Å². The molecule has 8 heteroatoms. The van der Waals surface area contributed by atoms with E-state index in [1.807, 2.05) is 12.1 Å². The molecule has 2 fully saturated rings. The van der Waals surface area contributed by atoms with Gasteiger partial charge in [-0.05, 0) is 113 Å². The van der Waals surface area contributed by atoms with Gasteiger partial charge in [-0.25, -0.2) is 0 Å². The first-order chi connectivity index (χ1) is 20.5. The topological polar surface area (TPSA) is 62.8 Å². The van der Waals surface area contributed by atoms with Crippen molar-refractivity contribution < 1.29 is 14.3 Å². The number of hydrogen-bond donors (Lipinski definition) is 2. The van der Waals surface area contributed by atoms with Crippen LogP contribution in [0.5, 0.6) is 11.5 Å². The van der Waals surface area contributed by atoms with Crippen LogP contribution >= 0.6 is 27.3 Å². The molecule has 0 atom stereocenters. The fraction of sp³-hybridized carbons (Fsp3) is 0.382. The summed E-state index contributed by atoms with van der Waals surface area (Å²) in [5, 5.41) is 7.87. The average molecular weight is 649 g/mol. The number of fused-ring (bicyclic) bond motifs is 1. The van der Waals surface area contributed by atoms with Crippen LogP contribution in [0.3, 0.4) is 0 Å². The lowest BCUT2D eigenvalue weighted by Gasteiger charge is -2.32. The summed E-state index contributed by atoms with van der Waals surface area (Å²) in [6.07, 6.45) is 4.77. The number of thiophene rings is 1. The van der Waals surface area contributed by atoms with E-state index in [2.05, 4.69) is 86.1 Å². The van der Waals surface area contributed by atoms with Gasteiger partial charge >= 0.3 is 0 Å². The third kappa shape index (κ3) is 7.35. The van der Waals surface area contributed by atoms with E-state index >= 15 is 0 Å². The quantitative estimate of drug-likeness (QED) is 0.209. The molecule has 0 spiro atoms. The van der Waals surface area contributed by atoms with Crippen LogP contribution in [-0.2, 0) is 17.8 Å². The highest BCUT2D eigenvalue weighted by Crippen LogP contribution is 2.32. The predicted molar refractivity (Wildman–Crippen MR) is 175 cm³/mol. The highest BCUT2D eigenvalue weighted by molar-refractivity contribution is 9.10. The van der Waals surface area contributed by atoms with Gasteiger partial charge in [0, 0.05) is 35.3 Å². The van der Waals surface area contributed by atoms with Gasteiger partial charge in [0.25, 0.3) is 0 Å². The van der Waals surface area contributed by atoms with Crippen molar-refractivity contribution in [3.63, 3.8) is 0 Å². The number of rotatable bonds is 9. The SMILES string of the molecule is COc1ccc(-c2ccc3cc(CC(=O)NC4CCN(Cc5ccc(OC6CCNCC6)c(Br)c5)CC4)sc3c2)cc1. The summed E-state index contributed by atoms with van der Waals surface area (Å²) < 4.78 is 13.7. The summed E-state index contributed by atoms with van der Waals surface area (Å²) in [6, 6.07) is 23.5. The molecule has 42 heavy (non-hydrogen) atoms. The highest BCUT2D eigenvalue weighted by atomic mass is 79.9.